The molecule has 122 valence electrons. The number of nitrogens with one attached hydrogen (secondary N) is 1. The van der Waals surface area contributed by atoms with E-state index in [9.17, 15) is 13.6 Å². The van der Waals surface area contributed by atoms with E-state index in [1.807, 2.05) is 0 Å². The van der Waals surface area contributed by atoms with Gasteiger partial charge in [0.1, 0.15) is 11.6 Å². The summed E-state index contributed by atoms with van der Waals surface area (Å²) in [7, 11) is 0. The Balaban J connectivity index is 2.39. The number of carbonyl (C=O) groups is 1. The number of nitrogens with zero attached hydrogens (tertiary/aromatic N) is 2. The van der Waals surface area contributed by atoms with E-state index >= 15 is 0 Å². The highest BCUT2D eigenvalue weighted by molar-refractivity contribution is 9.10. The predicted molar refractivity (Wildman–Crippen MR) is 85.5 cm³/mol. The molecule has 1 aromatic heterocycles. The van der Waals surface area contributed by atoms with Gasteiger partial charge in [-0.25, -0.2) is 23.5 Å². The van der Waals surface area contributed by atoms with Crippen LogP contribution in [0.1, 0.15) is 17.3 Å². The number of hydrogen-bond donors (Lipinski definition) is 2. The van der Waals surface area contributed by atoms with Gasteiger partial charge in [-0.3, -0.25) is 0 Å². The molecule has 2 aromatic rings. The quantitative estimate of drug-likeness (QED) is 0.586. The van der Waals surface area contributed by atoms with E-state index in [0.717, 1.165) is 18.2 Å². The van der Waals surface area contributed by atoms with Gasteiger partial charge in [0.25, 0.3) is 0 Å². The molecule has 0 spiro atoms. The second kappa shape index (κ2) is 7.69. The van der Waals surface area contributed by atoms with Crippen LogP contribution < -0.4 is 5.32 Å². The molecule has 1 unspecified atom stereocenters. The number of rotatable bonds is 5. The topological polar surface area (TPSA) is 75.1 Å². The first-order valence-corrected chi connectivity index (χ1v) is 8.41. The van der Waals surface area contributed by atoms with Gasteiger partial charge < -0.3 is 10.4 Å². The molecule has 0 aliphatic carbocycles. The number of thioether (sulfide) groups is 1. The van der Waals surface area contributed by atoms with Crippen LogP contribution in [0.4, 0.5) is 13.6 Å². The van der Waals surface area contributed by atoms with Crippen molar-refractivity contribution in [2.24, 2.45) is 0 Å². The monoisotopic (exact) mass is 403 g/mol. The van der Waals surface area contributed by atoms with Crippen LogP contribution in [0.25, 0.3) is 0 Å². The summed E-state index contributed by atoms with van der Waals surface area (Å²) in [4.78, 5) is 19.4. The maximum atomic E-state index is 13.3. The van der Waals surface area contributed by atoms with Crippen LogP contribution in [0.2, 0.25) is 0 Å². The van der Waals surface area contributed by atoms with Crippen molar-refractivity contribution in [3.8, 4) is 0 Å². The molecule has 0 saturated heterocycles. The highest BCUT2D eigenvalue weighted by Crippen LogP contribution is 2.26. The first-order chi connectivity index (χ1) is 10.9. The number of hydrogen-bond acceptors (Lipinski definition) is 4. The molecule has 1 heterocycles. The molecule has 1 atom stereocenters. The van der Waals surface area contributed by atoms with Crippen LogP contribution in [-0.4, -0.2) is 27.4 Å². The minimum Gasteiger partial charge on any atom is -0.465 e. The van der Waals surface area contributed by atoms with Gasteiger partial charge in [0.2, 0.25) is 0 Å². The van der Waals surface area contributed by atoms with Crippen molar-refractivity contribution in [3.63, 3.8) is 0 Å². The van der Waals surface area contributed by atoms with Gasteiger partial charge in [0.05, 0.1) is 16.2 Å². The lowest BCUT2D eigenvalue weighted by atomic mass is 10.0. The SMILES string of the molecule is CSc1ncc(Br)c(C(Cc2cc(F)cc(F)c2)NC(=O)O)n1. The zero-order valence-electron chi connectivity index (χ0n) is 11.9. The molecule has 23 heavy (non-hydrogen) atoms. The molecule has 2 N–H and O–H groups in total. The molecule has 5 nitrogen and oxygen atoms in total. The lowest BCUT2D eigenvalue weighted by molar-refractivity contribution is 0.189. The average molecular weight is 404 g/mol. The van der Waals surface area contributed by atoms with Gasteiger partial charge in [0.15, 0.2) is 5.16 Å². The number of amides is 1. The van der Waals surface area contributed by atoms with Crippen LogP contribution in [0.5, 0.6) is 0 Å². The van der Waals surface area contributed by atoms with Crippen molar-refractivity contribution in [2.75, 3.05) is 6.26 Å². The molecule has 2 rings (SSSR count). The first-order valence-electron chi connectivity index (χ1n) is 6.40. The minimum absolute atomic E-state index is 0.0460. The molecular formula is C14H12BrF2N3O2S. The van der Waals surface area contributed by atoms with Crippen molar-refractivity contribution >= 4 is 33.8 Å². The molecule has 0 aliphatic rings. The lowest BCUT2D eigenvalue weighted by Gasteiger charge is -2.18. The molecule has 1 amide bonds. The normalized spacial score (nSPS) is 12.0. The molecule has 9 heteroatoms. The molecule has 0 saturated carbocycles. The average Bonchev–Trinajstić information content (AvgIpc) is 2.45. The summed E-state index contributed by atoms with van der Waals surface area (Å²) >= 11 is 4.58. The zero-order chi connectivity index (χ0) is 17.0. The summed E-state index contributed by atoms with van der Waals surface area (Å²) in [5.74, 6) is -1.44. The fourth-order valence-electron chi connectivity index (χ4n) is 2.04. The Hall–Kier alpha value is -1.74. The molecule has 0 aliphatic heterocycles. The van der Waals surface area contributed by atoms with Gasteiger partial charge in [-0.15, -0.1) is 0 Å². The summed E-state index contributed by atoms with van der Waals surface area (Å²) in [6.45, 7) is 0. The van der Waals surface area contributed by atoms with Crippen LogP contribution in [-0.2, 0) is 6.42 Å². The van der Waals surface area contributed by atoms with Crippen molar-refractivity contribution in [3.05, 3.63) is 51.8 Å². The van der Waals surface area contributed by atoms with Gasteiger partial charge in [-0.05, 0) is 46.3 Å². The van der Waals surface area contributed by atoms with E-state index in [1.165, 1.54) is 18.0 Å². The van der Waals surface area contributed by atoms with E-state index in [2.05, 4.69) is 31.2 Å². The van der Waals surface area contributed by atoms with Gasteiger partial charge >= 0.3 is 6.09 Å². The summed E-state index contributed by atoms with van der Waals surface area (Å²) in [6, 6.07) is 2.29. The minimum atomic E-state index is -1.26. The Morgan fingerprint density at radius 2 is 2.04 bits per heavy atom. The van der Waals surface area contributed by atoms with Gasteiger partial charge in [0, 0.05) is 12.3 Å². The molecule has 0 fully saturated rings. The Bertz CT molecular complexity index is 713. The third kappa shape index (κ3) is 4.87. The summed E-state index contributed by atoms with van der Waals surface area (Å²) < 4.78 is 27.2. The third-order valence-electron chi connectivity index (χ3n) is 2.92. The van der Waals surface area contributed by atoms with E-state index in [4.69, 9.17) is 5.11 Å². The second-order valence-corrected chi connectivity index (χ2v) is 6.20. The van der Waals surface area contributed by atoms with Crippen LogP contribution in [0.15, 0.2) is 34.0 Å². The lowest BCUT2D eigenvalue weighted by Crippen LogP contribution is -2.29. The Kier molecular flexibility index (Phi) is 5.89. The van der Waals surface area contributed by atoms with Crippen molar-refractivity contribution in [2.45, 2.75) is 17.6 Å². The fraction of sp³-hybridized carbons (Fsp3) is 0.214. The third-order valence-corrected chi connectivity index (χ3v) is 4.09. The summed E-state index contributed by atoms with van der Waals surface area (Å²) in [5.41, 5.74) is 0.717. The maximum absolute atomic E-state index is 13.3. The maximum Gasteiger partial charge on any atom is 0.405 e. The van der Waals surface area contributed by atoms with Crippen LogP contribution >= 0.6 is 27.7 Å². The number of aromatic nitrogens is 2. The van der Waals surface area contributed by atoms with Crippen LogP contribution in [0.3, 0.4) is 0 Å². The first kappa shape index (κ1) is 17.6. The van der Waals surface area contributed by atoms with Crippen molar-refractivity contribution in [1.82, 2.24) is 15.3 Å². The smallest absolute Gasteiger partial charge is 0.405 e. The van der Waals surface area contributed by atoms with E-state index in [0.29, 0.717) is 20.9 Å². The fourth-order valence-corrected chi connectivity index (χ4v) is 2.85. The predicted octanol–water partition coefficient (Wildman–Crippen LogP) is 3.79. The summed E-state index contributed by atoms with van der Waals surface area (Å²) in [5, 5.41) is 11.8. The number of halogens is 3. The Morgan fingerprint density at radius 1 is 1.39 bits per heavy atom. The number of carboxylic acid groups (broad SMARTS) is 1. The van der Waals surface area contributed by atoms with E-state index < -0.39 is 23.8 Å². The number of benzene rings is 1. The highest BCUT2D eigenvalue weighted by Gasteiger charge is 2.21. The molecule has 0 bridgehead atoms. The van der Waals surface area contributed by atoms with E-state index in [1.54, 1.807) is 6.26 Å². The van der Waals surface area contributed by atoms with Gasteiger partial charge in [-0.1, -0.05) is 11.8 Å². The van der Waals surface area contributed by atoms with E-state index in [-0.39, 0.29) is 6.42 Å². The summed E-state index contributed by atoms with van der Waals surface area (Å²) in [6.07, 6.45) is 2.08. The molecule has 1 aromatic carbocycles. The Labute approximate surface area is 143 Å². The molecule has 0 radical (unpaired) electrons. The van der Waals surface area contributed by atoms with Gasteiger partial charge in [-0.2, -0.15) is 0 Å². The van der Waals surface area contributed by atoms with Crippen molar-refractivity contribution < 1.29 is 18.7 Å². The standard InChI is InChI=1S/C14H12BrF2N3O2S/c1-23-13-18-6-10(15)12(20-13)11(19-14(21)22)4-7-2-8(16)5-9(17)3-7/h2-3,5-6,11,19H,4H2,1H3,(H,21,22). The highest BCUT2D eigenvalue weighted by atomic mass is 79.9. The zero-order valence-corrected chi connectivity index (χ0v) is 14.3. The second-order valence-electron chi connectivity index (χ2n) is 4.57. The van der Waals surface area contributed by atoms with Crippen molar-refractivity contribution in [1.29, 1.82) is 0 Å². The largest absolute Gasteiger partial charge is 0.465 e. The Morgan fingerprint density at radius 3 is 2.61 bits per heavy atom. The molecular weight excluding hydrogens is 392 g/mol. The van der Waals surface area contributed by atoms with Crippen LogP contribution in [0, 0.1) is 11.6 Å².